The molecule has 0 saturated carbocycles. The van der Waals surface area contributed by atoms with Gasteiger partial charge in [-0.25, -0.2) is 0 Å². The number of unbranched alkanes of at least 4 members (excludes halogenated alkanes) is 4. The zero-order chi connectivity index (χ0) is 15.3. The van der Waals surface area contributed by atoms with E-state index in [0.717, 1.165) is 6.54 Å². The van der Waals surface area contributed by atoms with Crippen molar-refractivity contribution in [1.29, 1.82) is 0 Å². The van der Waals surface area contributed by atoms with Gasteiger partial charge in [0.15, 0.2) is 0 Å². The van der Waals surface area contributed by atoms with E-state index in [1.807, 2.05) is 11.8 Å². The van der Waals surface area contributed by atoms with E-state index in [-0.39, 0.29) is 0 Å². The van der Waals surface area contributed by atoms with Crippen molar-refractivity contribution in [1.82, 2.24) is 5.32 Å². The van der Waals surface area contributed by atoms with Crippen LogP contribution < -0.4 is 5.32 Å². The second-order valence-electron chi connectivity index (χ2n) is 5.98. The van der Waals surface area contributed by atoms with Crippen LogP contribution in [0.1, 0.15) is 64.4 Å². The third-order valence-electron chi connectivity index (χ3n) is 3.78. The van der Waals surface area contributed by atoms with E-state index in [1.165, 1.54) is 61.2 Å². The van der Waals surface area contributed by atoms with Crippen molar-refractivity contribution in [2.75, 3.05) is 12.3 Å². The molecule has 1 nitrogen and oxygen atoms in total. The molecule has 1 N–H and O–H groups in total. The lowest BCUT2D eigenvalue weighted by molar-refractivity contribution is 0.485. The van der Waals surface area contributed by atoms with Gasteiger partial charge in [0, 0.05) is 16.7 Å². The van der Waals surface area contributed by atoms with E-state index in [1.54, 1.807) is 0 Å². The number of benzene rings is 1. The highest BCUT2D eigenvalue weighted by molar-refractivity contribution is 7.99. The number of rotatable bonds is 12. The Kier molecular flexibility index (Phi) is 10.7. The van der Waals surface area contributed by atoms with E-state index in [9.17, 15) is 0 Å². The quantitative estimate of drug-likeness (QED) is 0.386. The predicted molar refractivity (Wildman–Crippen MR) is 97.4 cm³/mol. The fraction of sp³-hybridized carbons (Fsp3) is 0.684. The third kappa shape index (κ3) is 9.21. The Labute approximate surface area is 136 Å². The summed E-state index contributed by atoms with van der Waals surface area (Å²) in [7, 11) is 0. The van der Waals surface area contributed by atoms with Gasteiger partial charge in [-0.05, 0) is 38.4 Å². The Balaban J connectivity index is 2.31. The second-order valence-corrected chi connectivity index (χ2v) is 7.07. The second kappa shape index (κ2) is 12.1. The molecular weight excluding hydrogens is 274 g/mol. The fourth-order valence-corrected chi connectivity index (χ4v) is 3.61. The summed E-state index contributed by atoms with van der Waals surface area (Å²) in [5.41, 5.74) is 1.36. The first-order chi connectivity index (χ1) is 10.3. The minimum Gasteiger partial charge on any atom is -0.313 e. The molecule has 0 spiro atoms. The molecule has 1 rings (SSSR count). The first-order valence-corrected chi connectivity index (χ1v) is 9.67. The monoisotopic (exact) mass is 307 g/mol. The molecule has 0 heterocycles. The zero-order valence-electron chi connectivity index (χ0n) is 14.2. The SMILES string of the molecule is CCCCCCCC(CSc1cccc(C)c1)NCCC. The van der Waals surface area contributed by atoms with Crippen LogP contribution in [0.3, 0.4) is 0 Å². The molecule has 0 amide bonds. The molecule has 0 bridgehead atoms. The Hall–Kier alpha value is -0.470. The van der Waals surface area contributed by atoms with Gasteiger partial charge in [0.1, 0.15) is 0 Å². The summed E-state index contributed by atoms with van der Waals surface area (Å²) < 4.78 is 0. The molecule has 21 heavy (non-hydrogen) atoms. The van der Waals surface area contributed by atoms with Crippen molar-refractivity contribution < 1.29 is 0 Å². The van der Waals surface area contributed by atoms with Crippen LogP contribution >= 0.6 is 11.8 Å². The van der Waals surface area contributed by atoms with Gasteiger partial charge in [0.25, 0.3) is 0 Å². The van der Waals surface area contributed by atoms with Crippen LogP contribution in [0.4, 0.5) is 0 Å². The van der Waals surface area contributed by atoms with Crippen LogP contribution in [0.25, 0.3) is 0 Å². The molecule has 2 heteroatoms. The first-order valence-electron chi connectivity index (χ1n) is 8.69. The van der Waals surface area contributed by atoms with Gasteiger partial charge in [0.2, 0.25) is 0 Å². The zero-order valence-corrected chi connectivity index (χ0v) is 15.0. The third-order valence-corrected chi connectivity index (χ3v) is 4.94. The number of hydrogen-bond donors (Lipinski definition) is 1. The van der Waals surface area contributed by atoms with E-state index >= 15 is 0 Å². The molecule has 0 fully saturated rings. The molecule has 0 aliphatic heterocycles. The van der Waals surface area contributed by atoms with Gasteiger partial charge in [-0.3, -0.25) is 0 Å². The number of hydrogen-bond acceptors (Lipinski definition) is 2. The van der Waals surface area contributed by atoms with Crippen molar-refractivity contribution in [2.24, 2.45) is 0 Å². The minimum atomic E-state index is 0.664. The van der Waals surface area contributed by atoms with Crippen molar-refractivity contribution in [3.8, 4) is 0 Å². The highest BCUT2D eigenvalue weighted by atomic mass is 32.2. The molecule has 1 unspecified atom stereocenters. The maximum Gasteiger partial charge on any atom is 0.0161 e. The molecule has 0 saturated heterocycles. The van der Waals surface area contributed by atoms with Crippen molar-refractivity contribution in [3.05, 3.63) is 29.8 Å². The van der Waals surface area contributed by atoms with Crippen LogP contribution in [0.5, 0.6) is 0 Å². The average molecular weight is 308 g/mol. The number of thioether (sulfide) groups is 1. The van der Waals surface area contributed by atoms with Gasteiger partial charge in [-0.2, -0.15) is 0 Å². The van der Waals surface area contributed by atoms with Gasteiger partial charge >= 0.3 is 0 Å². The highest BCUT2D eigenvalue weighted by Crippen LogP contribution is 2.21. The van der Waals surface area contributed by atoms with Crippen LogP contribution in [0.15, 0.2) is 29.2 Å². The van der Waals surface area contributed by atoms with Crippen molar-refractivity contribution in [2.45, 2.75) is 76.7 Å². The standard InChI is InChI=1S/C19H33NS/c1-4-6-7-8-9-12-18(20-14-5-2)16-21-19-13-10-11-17(3)15-19/h10-11,13,15,18,20H,4-9,12,14,16H2,1-3H3. The average Bonchev–Trinajstić information content (AvgIpc) is 2.49. The fourth-order valence-electron chi connectivity index (χ4n) is 2.49. The summed E-state index contributed by atoms with van der Waals surface area (Å²) in [6.45, 7) is 7.85. The van der Waals surface area contributed by atoms with E-state index in [0.29, 0.717) is 6.04 Å². The van der Waals surface area contributed by atoms with Gasteiger partial charge in [-0.15, -0.1) is 11.8 Å². The lowest BCUT2D eigenvalue weighted by Crippen LogP contribution is -2.31. The molecule has 120 valence electrons. The molecule has 0 aliphatic rings. The Morgan fingerprint density at radius 3 is 2.57 bits per heavy atom. The number of nitrogens with one attached hydrogen (secondary N) is 1. The smallest absolute Gasteiger partial charge is 0.0161 e. The Bertz CT molecular complexity index is 364. The lowest BCUT2D eigenvalue weighted by Gasteiger charge is -2.18. The van der Waals surface area contributed by atoms with Crippen LogP contribution in [0.2, 0.25) is 0 Å². The lowest BCUT2D eigenvalue weighted by atomic mass is 10.1. The largest absolute Gasteiger partial charge is 0.313 e. The summed E-state index contributed by atoms with van der Waals surface area (Å²) in [6.07, 6.45) is 9.45. The Morgan fingerprint density at radius 2 is 1.86 bits per heavy atom. The van der Waals surface area contributed by atoms with Crippen LogP contribution in [-0.2, 0) is 0 Å². The minimum absolute atomic E-state index is 0.664. The Morgan fingerprint density at radius 1 is 1.05 bits per heavy atom. The van der Waals surface area contributed by atoms with E-state index in [2.05, 4.69) is 50.4 Å². The predicted octanol–water partition coefficient (Wildman–Crippen LogP) is 5.82. The highest BCUT2D eigenvalue weighted by Gasteiger charge is 2.08. The molecular formula is C19H33NS. The van der Waals surface area contributed by atoms with E-state index in [4.69, 9.17) is 0 Å². The topological polar surface area (TPSA) is 12.0 Å². The molecule has 0 aromatic heterocycles. The summed E-state index contributed by atoms with van der Waals surface area (Å²) in [5, 5.41) is 3.72. The number of aryl methyl sites for hydroxylation is 1. The molecule has 1 aromatic carbocycles. The maximum absolute atomic E-state index is 3.72. The summed E-state index contributed by atoms with van der Waals surface area (Å²) in [4.78, 5) is 1.41. The summed E-state index contributed by atoms with van der Waals surface area (Å²) >= 11 is 2.00. The normalized spacial score (nSPS) is 12.5. The molecule has 0 aliphatic carbocycles. The van der Waals surface area contributed by atoms with E-state index < -0.39 is 0 Å². The van der Waals surface area contributed by atoms with Gasteiger partial charge in [-0.1, -0.05) is 63.6 Å². The summed E-state index contributed by atoms with van der Waals surface area (Å²) in [6, 6.07) is 9.53. The maximum atomic E-state index is 3.72. The molecule has 0 radical (unpaired) electrons. The first kappa shape index (κ1) is 18.6. The molecule has 1 aromatic rings. The van der Waals surface area contributed by atoms with Gasteiger partial charge in [0.05, 0.1) is 0 Å². The van der Waals surface area contributed by atoms with Crippen molar-refractivity contribution in [3.63, 3.8) is 0 Å². The van der Waals surface area contributed by atoms with Crippen LogP contribution in [-0.4, -0.2) is 18.3 Å². The van der Waals surface area contributed by atoms with Gasteiger partial charge < -0.3 is 5.32 Å². The van der Waals surface area contributed by atoms with Crippen LogP contribution in [0, 0.1) is 6.92 Å². The van der Waals surface area contributed by atoms with Crippen molar-refractivity contribution >= 4 is 11.8 Å². The summed E-state index contributed by atoms with van der Waals surface area (Å²) in [5.74, 6) is 1.19. The molecule has 1 atom stereocenters.